The van der Waals surface area contributed by atoms with Gasteiger partial charge in [-0.15, -0.1) is 0 Å². The van der Waals surface area contributed by atoms with Crippen molar-refractivity contribution in [2.45, 2.75) is 31.8 Å². The molecule has 0 spiro atoms. The van der Waals surface area contributed by atoms with E-state index in [9.17, 15) is 9.59 Å². The van der Waals surface area contributed by atoms with E-state index in [1.165, 1.54) is 0 Å². The Kier molecular flexibility index (Phi) is 6.16. The molecule has 0 saturated carbocycles. The van der Waals surface area contributed by atoms with E-state index in [0.29, 0.717) is 47.8 Å². The van der Waals surface area contributed by atoms with Crippen molar-refractivity contribution in [1.82, 2.24) is 25.5 Å². The van der Waals surface area contributed by atoms with Crippen molar-refractivity contribution in [1.29, 1.82) is 0 Å². The zero-order valence-corrected chi connectivity index (χ0v) is 18.1. The number of likely N-dealkylation sites (N-methyl/N-ethyl adjacent to an activating group) is 1. The van der Waals surface area contributed by atoms with Crippen molar-refractivity contribution in [2.24, 2.45) is 0 Å². The van der Waals surface area contributed by atoms with Crippen molar-refractivity contribution >= 4 is 11.8 Å². The number of rotatable bonds is 6. The summed E-state index contributed by atoms with van der Waals surface area (Å²) in [7, 11) is 1.61. The summed E-state index contributed by atoms with van der Waals surface area (Å²) in [5.41, 5.74) is 1.39. The largest absolute Gasteiger partial charge is 0.486 e. The Hall–Kier alpha value is -3.75. The fraction of sp³-hybridized carbons (Fsp3) is 0.348. The van der Waals surface area contributed by atoms with Crippen molar-refractivity contribution in [3.8, 4) is 5.75 Å². The lowest BCUT2D eigenvalue weighted by molar-refractivity contribution is -0.128. The van der Waals surface area contributed by atoms with Crippen LogP contribution in [0.5, 0.6) is 5.75 Å². The number of nitrogens with one attached hydrogen (secondary N) is 1. The van der Waals surface area contributed by atoms with Crippen molar-refractivity contribution < 1.29 is 19.0 Å². The van der Waals surface area contributed by atoms with Crippen molar-refractivity contribution in [3.63, 3.8) is 0 Å². The minimum Gasteiger partial charge on any atom is -0.486 e. The van der Waals surface area contributed by atoms with E-state index < -0.39 is 5.41 Å². The highest BCUT2D eigenvalue weighted by Gasteiger charge is 2.45. The molecule has 32 heavy (non-hydrogen) atoms. The van der Waals surface area contributed by atoms with Crippen LogP contribution < -0.4 is 10.1 Å². The number of carbonyl (C=O) groups excluding carboxylic acids is 2. The molecule has 1 N–H and O–H groups in total. The van der Waals surface area contributed by atoms with E-state index in [1.54, 1.807) is 49.3 Å². The van der Waals surface area contributed by atoms with Crippen LogP contribution in [0.2, 0.25) is 0 Å². The number of benzene rings is 1. The van der Waals surface area contributed by atoms with E-state index in [0.717, 1.165) is 0 Å². The third-order valence-corrected chi connectivity index (χ3v) is 5.82. The molecule has 1 aromatic carbocycles. The molecule has 3 aromatic rings. The van der Waals surface area contributed by atoms with Crippen molar-refractivity contribution in [2.75, 3.05) is 20.1 Å². The first-order valence-corrected chi connectivity index (χ1v) is 10.5. The van der Waals surface area contributed by atoms with Crippen molar-refractivity contribution in [3.05, 3.63) is 71.3 Å². The first kappa shape index (κ1) is 21.5. The summed E-state index contributed by atoms with van der Waals surface area (Å²) in [4.78, 5) is 32.7. The fourth-order valence-electron chi connectivity index (χ4n) is 4.09. The number of carbonyl (C=O) groups is 2. The third-order valence-electron chi connectivity index (χ3n) is 5.82. The number of ether oxygens (including phenoxy) is 1. The van der Waals surface area contributed by atoms with Gasteiger partial charge >= 0.3 is 0 Å². The standard InChI is InChI=1S/C23H25N5O4/c1-16-18(27-32-26-16)14-31-19-9-4-3-8-17(19)21(29)28-13-7-11-23(15-28,22(30)24-2)20-10-5-6-12-25-20/h3-6,8-10,12H,7,11,13-15H2,1-2H3,(H,24,30)/t23-/m0/s1. The van der Waals surface area contributed by atoms with Gasteiger partial charge in [0.15, 0.2) is 0 Å². The van der Waals surface area contributed by atoms with Crippen LogP contribution in [-0.4, -0.2) is 52.1 Å². The summed E-state index contributed by atoms with van der Waals surface area (Å²) in [6.07, 6.45) is 2.97. The number of para-hydroxylation sites is 1. The molecule has 2 amide bonds. The van der Waals surface area contributed by atoms with Crippen LogP contribution in [0.1, 0.15) is 40.3 Å². The number of aromatic nitrogens is 3. The highest BCUT2D eigenvalue weighted by Crippen LogP contribution is 2.34. The molecule has 0 aliphatic carbocycles. The summed E-state index contributed by atoms with van der Waals surface area (Å²) in [5, 5.41) is 10.3. The molecule has 3 heterocycles. The fourth-order valence-corrected chi connectivity index (χ4v) is 4.09. The minimum atomic E-state index is -0.900. The Balaban J connectivity index is 1.59. The number of aryl methyl sites for hydroxylation is 1. The molecule has 0 radical (unpaired) electrons. The Morgan fingerprint density at radius 1 is 1.19 bits per heavy atom. The first-order chi connectivity index (χ1) is 15.5. The molecule has 1 atom stereocenters. The highest BCUT2D eigenvalue weighted by atomic mass is 16.6. The Labute approximate surface area is 185 Å². The molecule has 1 aliphatic heterocycles. The molecule has 166 valence electrons. The summed E-state index contributed by atoms with van der Waals surface area (Å²) >= 11 is 0. The van der Waals surface area contributed by atoms with Gasteiger partial charge < -0.3 is 15.0 Å². The summed E-state index contributed by atoms with van der Waals surface area (Å²) < 4.78 is 10.6. The SMILES string of the molecule is CNC(=O)[C@@]1(c2ccccn2)CCCN(C(=O)c2ccccc2OCc2nonc2C)C1. The molecule has 2 aromatic heterocycles. The van der Waals surface area contributed by atoms with Crippen LogP contribution in [0.3, 0.4) is 0 Å². The molecule has 1 aliphatic rings. The zero-order chi connectivity index (χ0) is 22.6. The Morgan fingerprint density at radius 3 is 2.72 bits per heavy atom. The van der Waals surface area contributed by atoms with Gasteiger partial charge in [-0.25, -0.2) is 4.63 Å². The molecule has 0 unspecified atom stereocenters. The maximum absolute atomic E-state index is 13.5. The van der Waals surface area contributed by atoms with Gasteiger partial charge in [0, 0.05) is 26.3 Å². The minimum absolute atomic E-state index is 0.135. The lowest BCUT2D eigenvalue weighted by Gasteiger charge is -2.41. The lowest BCUT2D eigenvalue weighted by atomic mass is 9.75. The van der Waals surface area contributed by atoms with Gasteiger partial charge in [0.2, 0.25) is 5.91 Å². The number of pyridine rings is 1. The van der Waals surface area contributed by atoms with Crippen LogP contribution in [0.25, 0.3) is 0 Å². The molecule has 4 rings (SSSR count). The normalized spacial score (nSPS) is 18.2. The summed E-state index contributed by atoms with van der Waals surface area (Å²) in [6, 6.07) is 12.6. The summed E-state index contributed by atoms with van der Waals surface area (Å²) in [5.74, 6) is 0.0978. The van der Waals surface area contributed by atoms with Crippen LogP contribution in [0, 0.1) is 6.92 Å². The molecule has 1 fully saturated rings. The topological polar surface area (TPSA) is 110 Å². The molecule has 9 heteroatoms. The number of hydrogen-bond donors (Lipinski definition) is 1. The van der Waals surface area contributed by atoms with Crippen LogP contribution >= 0.6 is 0 Å². The van der Waals surface area contributed by atoms with E-state index in [2.05, 4.69) is 20.6 Å². The molecule has 9 nitrogen and oxygen atoms in total. The number of hydrogen-bond acceptors (Lipinski definition) is 7. The monoisotopic (exact) mass is 435 g/mol. The van der Waals surface area contributed by atoms with E-state index in [4.69, 9.17) is 9.37 Å². The Morgan fingerprint density at radius 2 is 2.00 bits per heavy atom. The molecular weight excluding hydrogens is 410 g/mol. The molecule has 1 saturated heterocycles. The van der Waals surface area contributed by atoms with Gasteiger partial charge in [0.25, 0.3) is 5.91 Å². The smallest absolute Gasteiger partial charge is 0.257 e. The lowest BCUT2D eigenvalue weighted by Crippen LogP contribution is -2.56. The third kappa shape index (κ3) is 4.05. The van der Waals surface area contributed by atoms with E-state index >= 15 is 0 Å². The Bertz CT molecular complexity index is 1100. The van der Waals surface area contributed by atoms with Crippen LogP contribution in [0.15, 0.2) is 53.3 Å². The number of likely N-dealkylation sites (tertiary alicyclic amines) is 1. The zero-order valence-electron chi connectivity index (χ0n) is 18.1. The number of amides is 2. The highest BCUT2D eigenvalue weighted by molar-refractivity contribution is 5.98. The second-order valence-electron chi connectivity index (χ2n) is 7.79. The van der Waals surface area contributed by atoms with E-state index in [-0.39, 0.29) is 25.0 Å². The van der Waals surface area contributed by atoms with Gasteiger partial charge in [-0.1, -0.05) is 28.5 Å². The van der Waals surface area contributed by atoms with Gasteiger partial charge in [0.1, 0.15) is 29.2 Å². The van der Waals surface area contributed by atoms with Gasteiger partial charge in [-0.3, -0.25) is 14.6 Å². The number of nitrogens with zero attached hydrogens (tertiary/aromatic N) is 4. The maximum Gasteiger partial charge on any atom is 0.257 e. The molecular formula is C23H25N5O4. The number of piperidine rings is 1. The second-order valence-corrected chi connectivity index (χ2v) is 7.79. The van der Waals surface area contributed by atoms with Crippen LogP contribution in [-0.2, 0) is 16.8 Å². The predicted octanol–water partition coefficient (Wildman–Crippen LogP) is 2.27. The van der Waals surface area contributed by atoms with E-state index in [1.807, 2.05) is 18.2 Å². The second kappa shape index (κ2) is 9.17. The molecule has 0 bridgehead atoms. The summed E-state index contributed by atoms with van der Waals surface area (Å²) in [6.45, 7) is 2.69. The predicted molar refractivity (Wildman–Crippen MR) is 115 cm³/mol. The van der Waals surface area contributed by atoms with Crippen LogP contribution in [0.4, 0.5) is 0 Å². The first-order valence-electron chi connectivity index (χ1n) is 10.5. The van der Waals surface area contributed by atoms with Gasteiger partial charge in [0.05, 0.1) is 11.3 Å². The van der Waals surface area contributed by atoms with Gasteiger partial charge in [-0.2, -0.15) is 0 Å². The average molecular weight is 435 g/mol. The maximum atomic E-state index is 13.5. The average Bonchev–Trinajstić information content (AvgIpc) is 3.27. The quantitative estimate of drug-likeness (QED) is 0.632. The van der Waals surface area contributed by atoms with Gasteiger partial charge in [-0.05, 0) is 44.0 Å².